The zero-order valence-electron chi connectivity index (χ0n) is 7.72. The standard InChI is InChI=1S/C11H12N2O/c12-10-9(7-14)6-13-11(10)8-4-2-1-3-5-8/h1-6,10,14H,7,12H2. The summed E-state index contributed by atoms with van der Waals surface area (Å²) in [6.07, 6.45) is 1.65. The van der Waals surface area contributed by atoms with Crippen molar-refractivity contribution in [3.63, 3.8) is 0 Å². The van der Waals surface area contributed by atoms with E-state index in [1.807, 2.05) is 30.3 Å². The van der Waals surface area contributed by atoms with Crippen LogP contribution in [0.5, 0.6) is 0 Å². The predicted molar refractivity (Wildman–Crippen MR) is 56.1 cm³/mol. The number of hydrogen-bond acceptors (Lipinski definition) is 3. The van der Waals surface area contributed by atoms with E-state index in [0.717, 1.165) is 16.8 Å². The van der Waals surface area contributed by atoms with Crippen molar-refractivity contribution >= 4 is 5.71 Å². The van der Waals surface area contributed by atoms with Gasteiger partial charge in [0.05, 0.1) is 18.4 Å². The van der Waals surface area contributed by atoms with Gasteiger partial charge in [-0.15, -0.1) is 0 Å². The number of hydrogen-bond donors (Lipinski definition) is 2. The van der Waals surface area contributed by atoms with Gasteiger partial charge in [-0.05, 0) is 11.1 Å². The first-order valence-corrected chi connectivity index (χ1v) is 4.51. The summed E-state index contributed by atoms with van der Waals surface area (Å²) in [5.41, 5.74) is 8.52. The van der Waals surface area contributed by atoms with Crippen LogP contribution in [0.15, 0.2) is 47.1 Å². The molecule has 3 nitrogen and oxygen atoms in total. The van der Waals surface area contributed by atoms with Crippen molar-refractivity contribution in [2.45, 2.75) is 6.04 Å². The van der Waals surface area contributed by atoms with Crippen LogP contribution in [0.1, 0.15) is 5.56 Å². The van der Waals surface area contributed by atoms with Crippen molar-refractivity contribution in [1.29, 1.82) is 0 Å². The second kappa shape index (κ2) is 3.74. The smallest absolute Gasteiger partial charge is 0.0732 e. The largest absolute Gasteiger partial charge is 0.392 e. The van der Waals surface area contributed by atoms with E-state index in [9.17, 15) is 0 Å². The number of rotatable bonds is 2. The van der Waals surface area contributed by atoms with Crippen molar-refractivity contribution in [2.24, 2.45) is 10.7 Å². The Bertz CT molecular complexity index is 382. The summed E-state index contributed by atoms with van der Waals surface area (Å²) in [5.74, 6) is 0. The first-order chi connectivity index (χ1) is 6.83. The van der Waals surface area contributed by atoms with Gasteiger partial charge < -0.3 is 10.8 Å². The second-order valence-corrected chi connectivity index (χ2v) is 3.22. The molecular weight excluding hydrogens is 176 g/mol. The number of benzene rings is 1. The Morgan fingerprint density at radius 3 is 2.57 bits per heavy atom. The van der Waals surface area contributed by atoms with Crippen LogP contribution in [0.3, 0.4) is 0 Å². The number of nitrogens with zero attached hydrogens (tertiary/aromatic N) is 1. The highest BCUT2D eigenvalue weighted by Crippen LogP contribution is 2.15. The van der Waals surface area contributed by atoms with E-state index in [2.05, 4.69) is 4.99 Å². The van der Waals surface area contributed by atoms with E-state index >= 15 is 0 Å². The maximum atomic E-state index is 8.98. The van der Waals surface area contributed by atoms with E-state index < -0.39 is 0 Å². The maximum Gasteiger partial charge on any atom is 0.0732 e. The molecule has 0 amide bonds. The lowest BCUT2D eigenvalue weighted by atomic mass is 10.0. The van der Waals surface area contributed by atoms with Gasteiger partial charge in [-0.25, -0.2) is 0 Å². The molecule has 1 aromatic carbocycles. The van der Waals surface area contributed by atoms with Gasteiger partial charge in [0.1, 0.15) is 0 Å². The zero-order valence-corrected chi connectivity index (χ0v) is 7.72. The molecular formula is C11H12N2O. The lowest BCUT2D eigenvalue weighted by Gasteiger charge is -2.10. The molecule has 3 heteroatoms. The molecule has 0 radical (unpaired) electrons. The Hall–Kier alpha value is -1.45. The molecule has 0 saturated heterocycles. The van der Waals surface area contributed by atoms with Crippen molar-refractivity contribution in [2.75, 3.05) is 6.61 Å². The molecule has 0 spiro atoms. The van der Waals surface area contributed by atoms with Gasteiger partial charge in [0.25, 0.3) is 0 Å². The molecule has 1 aliphatic heterocycles. The van der Waals surface area contributed by atoms with Gasteiger partial charge in [0.2, 0.25) is 0 Å². The molecule has 0 aliphatic carbocycles. The van der Waals surface area contributed by atoms with E-state index in [4.69, 9.17) is 10.8 Å². The monoisotopic (exact) mass is 188 g/mol. The first kappa shape index (κ1) is 9.12. The van der Waals surface area contributed by atoms with Gasteiger partial charge in [-0.1, -0.05) is 30.3 Å². The molecule has 2 rings (SSSR count). The summed E-state index contributed by atoms with van der Waals surface area (Å²) in [7, 11) is 0. The Morgan fingerprint density at radius 2 is 2.00 bits per heavy atom. The fraction of sp³-hybridized carbons (Fsp3) is 0.182. The van der Waals surface area contributed by atoms with Gasteiger partial charge in [0.15, 0.2) is 0 Å². The Morgan fingerprint density at radius 1 is 1.29 bits per heavy atom. The molecule has 0 fully saturated rings. The third kappa shape index (κ3) is 1.47. The Labute approximate surface area is 82.6 Å². The molecule has 1 aromatic rings. The van der Waals surface area contributed by atoms with E-state index in [1.165, 1.54) is 0 Å². The number of aliphatic hydroxyl groups is 1. The number of aliphatic hydroxyl groups excluding tert-OH is 1. The maximum absolute atomic E-state index is 8.98. The van der Waals surface area contributed by atoms with Crippen LogP contribution in [-0.2, 0) is 0 Å². The number of nitrogens with two attached hydrogens (primary N) is 1. The highest BCUT2D eigenvalue weighted by molar-refractivity contribution is 6.07. The minimum absolute atomic E-state index is 0.0268. The van der Waals surface area contributed by atoms with Crippen LogP contribution in [0.4, 0.5) is 0 Å². The summed E-state index contributed by atoms with van der Waals surface area (Å²) >= 11 is 0. The van der Waals surface area contributed by atoms with E-state index in [1.54, 1.807) is 6.20 Å². The minimum Gasteiger partial charge on any atom is -0.392 e. The highest BCUT2D eigenvalue weighted by Gasteiger charge is 2.21. The fourth-order valence-corrected chi connectivity index (χ4v) is 1.49. The Balaban J connectivity index is 2.25. The summed E-state index contributed by atoms with van der Waals surface area (Å²) in [6.45, 7) is -0.0268. The van der Waals surface area contributed by atoms with Crippen molar-refractivity contribution < 1.29 is 5.11 Å². The average molecular weight is 188 g/mol. The lowest BCUT2D eigenvalue weighted by Crippen LogP contribution is -2.31. The predicted octanol–water partition coefficient (Wildman–Crippen LogP) is 0.693. The average Bonchev–Trinajstić information content (AvgIpc) is 2.61. The molecule has 1 aliphatic rings. The number of aliphatic imine (C=N–C) groups is 1. The first-order valence-electron chi connectivity index (χ1n) is 4.51. The van der Waals surface area contributed by atoms with Crippen LogP contribution >= 0.6 is 0 Å². The zero-order chi connectivity index (χ0) is 9.97. The van der Waals surface area contributed by atoms with Gasteiger partial charge >= 0.3 is 0 Å². The molecule has 1 unspecified atom stereocenters. The SMILES string of the molecule is NC1C(CO)=CN=C1c1ccccc1. The second-order valence-electron chi connectivity index (χ2n) is 3.22. The van der Waals surface area contributed by atoms with Crippen LogP contribution in [0, 0.1) is 0 Å². The van der Waals surface area contributed by atoms with Gasteiger partial charge in [-0.2, -0.15) is 0 Å². The topological polar surface area (TPSA) is 58.6 Å². The molecule has 14 heavy (non-hydrogen) atoms. The summed E-state index contributed by atoms with van der Waals surface area (Å²) in [4.78, 5) is 4.21. The quantitative estimate of drug-likeness (QED) is 0.717. The van der Waals surface area contributed by atoms with E-state index in [0.29, 0.717) is 0 Å². The molecule has 0 aromatic heterocycles. The molecule has 1 heterocycles. The Kier molecular flexibility index (Phi) is 2.43. The third-order valence-corrected chi connectivity index (χ3v) is 2.32. The lowest BCUT2D eigenvalue weighted by molar-refractivity contribution is 0.327. The van der Waals surface area contributed by atoms with Crippen LogP contribution in [-0.4, -0.2) is 23.5 Å². The third-order valence-electron chi connectivity index (χ3n) is 2.32. The summed E-state index contributed by atoms with van der Waals surface area (Å²) in [6, 6.07) is 9.51. The normalized spacial score (nSPS) is 20.6. The van der Waals surface area contributed by atoms with Crippen molar-refractivity contribution in [3.8, 4) is 0 Å². The molecule has 0 saturated carbocycles. The van der Waals surface area contributed by atoms with Crippen molar-refractivity contribution in [3.05, 3.63) is 47.7 Å². The van der Waals surface area contributed by atoms with Crippen molar-refractivity contribution in [1.82, 2.24) is 0 Å². The summed E-state index contributed by atoms with van der Waals surface area (Å²) < 4.78 is 0. The van der Waals surface area contributed by atoms with Crippen LogP contribution in [0.25, 0.3) is 0 Å². The highest BCUT2D eigenvalue weighted by atomic mass is 16.3. The minimum atomic E-state index is -0.262. The van der Waals surface area contributed by atoms with Crippen LogP contribution in [0.2, 0.25) is 0 Å². The summed E-state index contributed by atoms with van der Waals surface area (Å²) in [5, 5.41) is 8.98. The fourth-order valence-electron chi connectivity index (χ4n) is 1.49. The molecule has 0 bridgehead atoms. The molecule has 1 atom stereocenters. The van der Waals surface area contributed by atoms with Gasteiger partial charge in [0, 0.05) is 6.20 Å². The van der Waals surface area contributed by atoms with Gasteiger partial charge in [-0.3, -0.25) is 4.99 Å². The van der Waals surface area contributed by atoms with E-state index in [-0.39, 0.29) is 12.6 Å². The molecule has 3 N–H and O–H groups in total. The molecule has 72 valence electrons. The van der Waals surface area contributed by atoms with Crippen LogP contribution < -0.4 is 5.73 Å².